The Morgan fingerprint density at radius 3 is 2.91 bits per heavy atom. The smallest absolute Gasteiger partial charge is 0.163 e. The average molecular weight is 348 g/mol. The van der Waals surface area contributed by atoms with Crippen molar-refractivity contribution in [2.45, 2.75) is 19.1 Å². The van der Waals surface area contributed by atoms with E-state index in [1.165, 1.54) is 0 Å². The first-order valence-corrected chi connectivity index (χ1v) is 9.65. The minimum Gasteiger partial charge on any atom is -0.457 e. The number of thioether (sulfide) groups is 1. The number of benzene rings is 1. The molecule has 2 aromatic heterocycles. The van der Waals surface area contributed by atoms with Gasteiger partial charge in [-0.05, 0) is 37.4 Å². The van der Waals surface area contributed by atoms with Gasteiger partial charge in [0.2, 0.25) is 0 Å². The Bertz CT molecular complexity index is 747. The van der Waals surface area contributed by atoms with Crippen LogP contribution in [-0.4, -0.2) is 34.2 Å². The van der Waals surface area contributed by atoms with Crippen LogP contribution in [0.25, 0.3) is 21.0 Å². The van der Waals surface area contributed by atoms with Gasteiger partial charge in [0.05, 0.1) is 22.4 Å². The zero-order valence-electron chi connectivity index (χ0n) is 13.2. The fraction of sp³-hybridized carbons (Fsp3) is 0.353. The van der Waals surface area contributed by atoms with Gasteiger partial charge in [0.15, 0.2) is 10.8 Å². The maximum Gasteiger partial charge on any atom is 0.163 e. The molecule has 6 heteroatoms. The van der Waals surface area contributed by atoms with E-state index in [0.29, 0.717) is 18.8 Å². The lowest BCUT2D eigenvalue weighted by Gasteiger charge is -2.22. The molecular weight excluding hydrogens is 328 g/mol. The molecule has 2 heterocycles. The van der Waals surface area contributed by atoms with Gasteiger partial charge in [0.1, 0.15) is 5.76 Å². The first-order valence-electron chi connectivity index (χ1n) is 7.44. The number of nitrogens with zero attached hydrogens (tertiary/aromatic N) is 1. The normalized spacial score (nSPS) is 14.2. The van der Waals surface area contributed by atoms with Crippen LogP contribution < -0.4 is 5.32 Å². The quantitative estimate of drug-likeness (QED) is 0.681. The number of rotatable bonds is 7. The van der Waals surface area contributed by atoms with Gasteiger partial charge in [-0.1, -0.05) is 12.1 Å². The molecule has 1 atom stereocenters. The standard InChI is InChI=1S/C17H20N2O2S2/c1-17(20,11-22-2)10-18-9-12-7-8-14(21-12)16-19-13-5-3-4-6-15(13)23-16/h3-8,18,20H,9-11H2,1-2H3. The number of fused-ring (bicyclic) bond motifs is 1. The summed E-state index contributed by atoms with van der Waals surface area (Å²) >= 11 is 3.27. The molecule has 0 fully saturated rings. The second kappa shape index (κ2) is 7.05. The van der Waals surface area contributed by atoms with E-state index >= 15 is 0 Å². The van der Waals surface area contributed by atoms with Crippen LogP contribution in [0.2, 0.25) is 0 Å². The Kier molecular flexibility index (Phi) is 5.06. The molecule has 3 rings (SSSR count). The SMILES string of the molecule is CSCC(C)(O)CNCc1ccc(-c2nc3ccccc3s2)o1. The van der Waals surface area contributed by atoms with Gasteiger partial charge in [-0.25, -0.2) is 4.98 Å². The summed E-state index contributed by atoms with van der Waals surface area (Å²) in [4.78, 5) is 4.60. The first-order chi connectivity index (χ1) is 11.1. The largest absolute Gasteiger partial charge is 0.457 e. The van der Waals surface area contributed by atoms with Crippen LogP contribution in [0.4, 0.5) is 0 Å². The van der Waals surface area contributed by atoms with E-state index in [1.54, 1.807) is 23.1 Å². The summed E-state index contributed by atoms with van der Waals surface area (Å²) in [5.41, 5.74) is 0.290. The summed E-state index contributed by atoms with van der Waals surface area (Å²) in [6.07, 6.45) is 1.99. The minimum absolute atomic E-state index is 0.533. The number of hydrogen-bond donors (Lipinski definition) is 2. The highest BCUT2D eigenvalue weighted by Crippen LogP contribution is 2.31. The Morgan fingerprint density at radius 2 is 2.13 bits per heavy atom. The van der Waals surface area contributed by atoms with Crippen LogP contribution in [-0.2, 0) is 6.54 Å². The van der Waals surface area contributed by atoms with Crippen molar-refractivity contribution < 1.29 is 9.52 Å². The summed E-state index contributed by atoms with van der Waals surface area (Å²) in [6.45, 7) is 2.96. The van der Waals surface area contributed by atoms with Gasteiger partial charge in [-0.3, -0.25) is 0 Å². The molecule has 0 aliphatic heterocycles. The lowest BCUT2D eigenvalue weighted by atomic mass is 10.1. The molecule has 0 radical (unpaired) electrons. The monoisotopic (exact) mass is 348 g/mol. The molecule has 23 heavy (non-hydrogen) atoms. The molecule has 2 N–H and O–H groups in total. The van der Waals surface area contributed by atoms with E-state index in [1.807, 2.05) is 43.5 Å². The predicted molar refractivity (Wildman–Crippen MR) is 98.0 cm³/mol. The molecule has 1 aromatic carbocycles. The number of aliphatic hydroxyl groups is 1. The van der Waals surface area contributed by atoms with Crippen LogP contribution in [0, 0.1) is 0 Å². The van der Waals surface area contributed by atoms with Crippen molar-refractivity contribution in [3.8, 4) is 10.8 Å². The molecular formula is C17H20N2O2S2. The molecule has 0 aliphatic rings. The van der Waals surface area contributed by atoms with Crippen LogP contribution in [0.15, 0.2) is 40.8 Å². The summed E-state index contributed by atoms with van der Waals surface area (Å²) in [7, 11) is 0. The number of furan rings is 1. The average Bonchev–Trinajstić information content (AvgIpc) is 3.12. The molecule has 0 aliphatic carbocycles. The highest BCUT2D eigenvalue weighted by atomic mass is 32.2. The maximum atomic E-state index is 10.1. The third kappa shape index (κ3) is 4.14. The van der Waals surface area contributed by atoms with Crippen molar-refractivity contribution >= 4 is 33.3 Å². The van der Waals surface area contributed by atoms with E-state index in [-0.39, 0.29) is 0 Å². The van der Waals surface area contributed by atoms with Crippen molar-refractivity contribution in [3.63, 3.8) is 0 Å². The van der Waals surface area contributed by atoms with Crippen molar-refractivity contribution in [2.24, 2.45) is 0 Å². The number of hydrogen-bond acceptors (Lipinski definition) is 6. The van der Waals surface area contributed by atoms with E-state index in [2.05, 4.69) is 16.4 Å². The maximum absolute atomic E-state index is 10.1. The summed E-state index contributed by atoms with van der Waals surface area (Å²) in [5, 5.41) is 14.3. The fourth-order valence-electron chi connectivity index (χ4n) is 2.38. The number of para-hydroxylation sites is 1. The van der Waals surface area contributed by atoms with E-state index in [9.17, 15) is 5.11 Å². The predicted octanol–water partition coefficient (Wildman–Crippen LogP) is 3.76. The zero-order chi connectivity index (χ0) is 16.3. The van der Waals surface area contributed by atoms with Gasteiger partial charge in [-0.2, -0.15) is 11.8 Å². The molecule has 0 spiro atoms. The number of thiazole rings is 1. The molecule has 122 valence electrons. The van der Waals surface area contributed by atoms with Crippen molar-refractivity contribution in [1.29, 1.82) is 0 Å². The lowest BCUT2D eigenvalue weighted by molar-refractivity contribution is 0.0841. The Hall–Kier alpha value is -1.34. The van der Waals surface area contributed by atoms with Crippen molar-refractivity contribution in [3.05, 3.63) is 42.2 Å². The fourth-order valence-corrected chi connectivity index (χ4v) is 4.03. The molecule has 0 amide bonds. The second-order valence-corrected chi connectivity index (χ2v) is 7.68. The number of nitrogens with one attached hydrogen (secondary N) is 1. The molecule has 0 bridgehead atoms. The second-order valence-electron chi connectivity index (χ2n) is 5.79. The molecule has 1 unspecified atom stereocenters. The third-order valence-corrected chi connectivity index (χ3v) is 5.39. The minimum atomic E-state index is -0.706. The molecule has 3 aromatic rings. The Balaban J connectivity index is 1.64. The Labute approximate surface area is 143 Å². The van der Waals surface area contributed by atoms with E-state index in [0.717, 1.165) is 26.7 Å². The van der Waals surface area contributed by atoms with Crippen molar-refractivity contribution in [1.82, 2.24) is 10.3 Å². The van der Waals surface area contributed by atoms with Gasteiger partial charge in [-0.15, -0.1) is 11.3 Å². The summed E-state index contributed by atoms with van der Waals surface area (Å²) < 4.78 is 7.03. The molecule has 0 saturated heterocycles. The van der Waals surface area contributed by atoms with E-state index in [4.69, 9.17) is 4.42 Å². The van der Waals surface area contributed by atoms with Gasteiger partial charge in [0, 0.05) is 12.3 Å². The molecule has 0 saturated carbocycles. The third-order valence-electron chi connectivity index (χ3n) is 3.43. The van der Waals surface area contributed by atoms with Gasteiger partial charge in [0.25, 0.3) is 0 Å². The summed E-state index contributed by atoms with van der Waals surface area (Å²) in [5.74, 6) is 2.34. The lowest BCUT2D eigenvalue weighted by Crippen LogP contribution is -2.39. The summed E-state index contributed by atoms with van der Waals surface area (Å²) in [6, 6.07) is 12.0. The van der Waals surface area contributed by atoms with Crippen LogP contribution in [0.5, 0.6) is 0 Å². The highest BCUT2D eigenvalue weighted by Gasteiger charge is 2.19. The first kappa shape index (κ1) is 16.5. The Morgan fingerprint density at radius 1 is 1.30 bits per heavy atom. The topological polar surface area (TPSA) is 58.3 Å². The van der Waals surface area contributed by atoms with Gasteiger partial charge < -0.3 is 14.8 Å². The highest BCUT2D eigenvalue weighted by molar-refractivity contribution is 7.98. The van der Waals surface area contributed by atoms with Crippen LogP contribution in [0.1, 0.15) is 12.7 Å². The molecule has 4 nitrogen and oxygen atoms in total. The number of aromatic nitrogens is 1. The zero-order valence-corrected chi connectivity index (χ0v) is 14.8. The van der Waals surface area contributed by atoms with E-state index < -0.39 is 5.60 Å². The van der Waals surface area contributed by atoms with Gasteiger partial charge >= 0.3 is 0 Å². The van der Waals surface area contributed by atoms with Crippen molar-refractivity contribution in [2.75, 3.05) is 18.6 Å². The van der Waals surface area contributed by atoms with Crippen LogP contribution >= 0.6 is 23.1 Å². The van der Waals surface area contributed by atoms with Crippen LogP contribution in [0.3, 0.4) is 0 Å².